The van der Waals surface area contributed by atoms with Gasteiger partial charge in [0.2, 0.25) is 0 Å². The van der Waals surface area contributed by atoms with Crippen LogP contribution < -0.4 is 0 Å². The minimum absolute atomic E-state index is 0.877. The number of nitrogens with zero attached hydrogens (tertiary/aromatic N) is 1. The summed E-state index contributed by atoms with van der Waals surface area (Å²) in [5.41, 5.74) is 2.40. The van der Waals surface area contributed by atoms with Crippen LogP contribution in [0.2, 0.25) is 0 Å². The summed E-state index contributed by atoms with van der Waals surface area (Å²) in [6.07, 6.45) is 3.98. The van der Waals surface area contributed by atoms with Gasteiger partial charge < -0.3 is 4.98 Å². The molecule has 1 N–H and O–H groups in total. The lowest BCUT2D eigenvalue weighted by atomic mass is 10.2. The standard InChI is InChI=1S/C7H11BrN2/c1-2-3-6-7(4-8)10-5-9-6/h5H,2-4H2,1H3,(H,9,10). The Morgan fingerprint density at radius 3 is 3.10 bits per heavy atom. The van der Waals surface area contributed by atoms with Gasteiger partial charge >= 0.3 is 0 Å². The third-order valence-electron chi connectivity index (χ3n) is 1.43. The van der Waals surface area contributed by atoms with Crippen LogP contribution in [0, 0.1) is 0 Å². The molecular weight excluding hydrogens is 192 g/mol. The molecule has 0 spiro atoms. The van der Waals surface area contributed by atoms with Crippen molar-refractivity contribution in [2.45, 2.75) is 25.1 Å². The minimum Gasteiger partial charge on any atom is -0.348 e. The fraction of sp³-hybridized carbons (Fsp3) is 0.571. The smallest absolute Gasteiger partial charge is 0.0925 e. The van der Waals surface area contributed by atoms with Gasteiger partial charge in [0.05, 0.1) is 12.0 Å². The largest absolute Gasteiger partial charge is 0.348 e. The van der Waals surface area contributed by atoms with Gasteiger partial charge in [0, 0.05) is 11.0 Å². The predicted octanol–water partition coefficient (Wildman–Crippen LogP) is 2.26. The number of rotatable bonds is 3. The van der Waals surface area contributed by atoms with Gasteiger partial charge in [0.15, 0.2) is 0 Å². The molecule has 2 nitrogen and oxygen atoms in total. The number of alkyl halides is 1. The molecule has 56 valence electrons. The molecule has 0 saturated heterocycles. The van der Waals surface area contributed by atoms with Gasteiger partial charge in [0.25, 0.3) is 0 Å². The van der Waals surface area contributed by atoms with Crippen LogP contribution in [0.3, 0.4) is 0 Å². The van der Waals surface area contributed by atoms with Crippen LogP contribution in [-0.4, -0.2) is 9.97 Å². The highest BCUT2D eigenvalue weighted by atomic mass is 79.9. The van der Waals surface area contributed by atoms with Crippen molar-refractivity contribution in [3.63, 3.8) is 0 Å². The molecule has 0 aromatic carbocycles. The third-order valence-corrected chi connectivity index (χ3v) is 1.99. The van der Waals surface area contributed by atoms with Crippen LogP contribution in [0.15, 0.2) is 6.33 Å². The van der Waals surface area contributed by atoms with E-state index in [1.54, 1.807) is 6.33 Å². The first kappa shape index (κ1) is 7.79. The molecular formula is C7H11BrN2. The maximum atomic E-state index is 4.19. The Morgan fingerprint density at radius 2 is 2.50 bits per heavy atom. The Balaban J connectivity index is 2.70. The Hall–Kier alpha value is -0.310. The van der Waals surface area contributed by atoms with E-state index in [-0.39, 0.29) is 0 Å². The molecule has 1 aromatic rings. The summed E-state index contributed by atoms with van der Waals surface area (Å²) in [6.45, 7) is 2.16. The van der Waals surface area contributed by atoms with E-state index < -0.39 is 0 Å². The minimum atomic E-state index is 0.877. The summed E-state index contributed by atoms with van der Waals surface area (Å²) in [7, 11) is 0. The molecule has 1 heterocycles. The molecule has 0 bridgehead atoms. The zero-order valence-electron chi connectivity index (χ0n) is 6.02. The number of aryl methyl sites for hydroxylation is 1. The van der Waals surface area contributed by atoms with E-state index in [1.807, 2.05) is 0 Å². The molecule has 0 fully saturated rings. The van der Waals surface area contributed by atoms with Crippen LogP contribution in [-0.2, 0) is 11.8 Å². The molecule has 0 aliphatic heterocycles. The Labute approximate surface area is 69.2 Å². The SMILES string of the molecule is CCCc1nc[nH]c1CBr. The van der Waals surface area contributed by atoms with Gasteiger partial charge in [-0.15, -0.1) is 0 Å². The zero-order chi connectivity index (χ0) is 7.40. The highest BCUT2D eigenvalue weighted by Gasteiger charge is 2.00. The summed E-state index contributed by atoms with van der Waals surface area (Å²) in [6, 6.07) is 0. The van der Waals surface area contributed by atoms with Gasteiger partial charge in [-0.05, 0) is 6.42 Å². The number of halogens is 1. The second kappa shape index (κ2) is 3.76. The average molecular weight is 203 g/mol. The van der Waals surface area contributed by atoms with Crippen LogP contribution >= 0.6 is 15.9 Å². The number of nitrogens with one attached hydrogen (secondary N) is 1. The third kappa shape index (κ3) is 1.59. The van der Waals surface area contributed by atoms with Crippen molar-refractivity contribution >= 4 is 15.9 Å². The van der Waals surface area contributed by atoms with Crippen molar-refractivity contribution in [2.75, 3.05) is 0 Å². The van der Waals surface area contributed by atoms with Gasteiger partial charge in [-0.3, -0.25) is 0 Å². The second-order valence-electron chi connectivity index (χ2n) is 2.21. The lowest BCUT2D eigenvalue weighted by molar-refractivity contribution is 0.881. The second-order valence-corrected chi connectivity index (χ2v) is 2.77. The van der Waals surface area contributed by atoms with Crippen LogP contribution in [0.4, 0.5) is 0 Å². The molecule has 0 atom stereocenters. The number of H-pyrrole nitrogens is 1. The molecule has 0 aliphatic carbocycles. The molecule has 0 radical (unpaired) electrons. The van der Waals surface area contributed by atoms with Crippen LogP contribution in [0.1, 0.15) is 24.7 Å². The highest BCUT2D eigenvalue weighted by Crippen LogP contribution is 2.08. The van der Waals surface area contributed by atoms with E-state index in [1.165, 1.54) is 11.4 Å². The van der Waals surface area contributed by atoms with E-state index in [0.29, 0.717) is 0 Å². The monoisotopic (exact) mass is 202 g/mol. The maximum Gasteiger partial charge on any atom is 0.0925 e. The molecule has 0 unspecified atom stereocenters. The fourth-order valence-electron chi connectivity index (χ4n) is 0.917. The van der Waals surface area contributed by atoms with Crippen molar-refractivity contribution < 1.29 is 0 Å². The highest BCUT2D eigenvalue weighted by molar-refractivity contribution is 9.08. The number of hydrogen-bond acceptors (Lipinski definition) is 1. The molecule has 1 rings (SSSR count). The van der Waals surface area contributed by atoms with E-state index in [4.69, 9.17) is 0 Å². The van der Waals surface area contributed by atoms with E-state index in [0.717, 1.165) is 18.2 Å². The van der Waals surface area contributed by atoms with Crippen molar-refractivity contribution in [3.05, 3.63) is 17.7 Å². The van der Waals surface area contributed by atoms with Crippen LogP contribution in [0.25, 0.3) is 0 Å². The number of imidazole rings is 1. The van der Waals surface area contributed by atoms with Crippen molar-refractivity contribution in [1.82, 2.24) is 9.97 Å². The number of hydrogen-bond donors (Lipinski definition) is 1. The van der Waals surface area contributed by atoms with E-state index in [9.17, 15) is 0 Å². The lowest BCUT2D eigenvalue weighted by Crippen LogP contribution is -1.88. The lowest BCUT2D eigenvalue weighted by Gasteiger charge is -1.94. The summed E-state index contributed by atoms with van der Waals surface area (Å²) in [4.78, 5) is 7.27. The molecule has 1 aromatic heterocycles. The summed E-state index contributed by atoms with van der Waals surface area (Å²) in [5.74, 6) is 0. The fourth-order valence-corrected chi connectivity index (χ4v) is 1.40. The Bertz CT molecular complexity index is 195. The summed E-state index contributed by atoms with van der Waals surface area (Å²) in [5, 5.41) is 0.877. The van der Waals surface area contributed by atoms with Gasteiger partial charge in [-0.2, -0.15) is 0 Å². The molecule has 0 aliphatic rings. The number of aromatic nitrogens is 2. The normalized spacial score (nSPS) is 10.2. The van der Waals surface area contributed by atoms with Crippen molar-refractivity contribution in [1.29, 1.82) is 0 Å². The van der Waals surface area contributed by atoms with Crippen molar-refractivity contribution in [2.24, 2.45) is 0 Å². The molecule has 3 heteroatoms. The average Bonchev–Trinajstić information content (AvgIpc) is 2.36. The first-order chi connectivity index (χ1) is 4.88. The summed E-state index contributed by atoms with van der Waals surface area (Å²) < 4.78 is 0. The first-order valence-corrected chi connectivity index (χ1v) is 4.57. The van der Waals surface area contributed by atoms with Crippen molar-refractivity contribution in [3.8, 4) is 0 Å². The predicted molar refractivity (Wildman–Crippen MR) is 45.2 cm³/mol. The zero-order valence-corrected chi connectivity index (χ0v) is 7.61. The Morgan fingerprint density at radius 1 is 1.70 bits per heavy atom. The van der Waals surface area contributed by atoms with Gasteiger partial charge in [0.1, 0.15) is 0 Å². The maximum absolute atomic E-state index is 4.19. The molecule has 0 saturated carbocycles. The van der Waals surface area contributed by atoms with Gasteiger partial charge in [-0.1, -0.05) is 29.3 Å². The first-order valence-electron chi connectivity index (χ1n) is 3.45. The number of aromatic amines is 1. The Kier molecular flexibility index (Phi) is 2.93. The molecule has 10 heavy (non-hydrogen) atoms. The van der Waals surface area contributed by atoms with Crippen LogP contribution in [0.5, 0.6) is 0 Å². The van der Waals surface area contributed by atoms with E-state index in [2.05, 4.69) is 32.8 Å². The molecule has 0 amide bonds. The summed E-state index contributed by atoms with van der Waals surface area (Å²) >= 11 is 3.39. The van der Waals surface area contributed by atoms with E-state index >= 15 is 0 Å². The topological polar surface area (TPSA) is 28.7 Å². The van der Waals surface area contributed by atoms with Gasteiger partial charge in [-0.25, -0.2) is 4.98 Å². The quantitative estimate of drug-likeness (QED) is 0.750.